The monoisotopic (exact) mass is 370 g/mol. The molecule has 1 atom stereocenters. The van der Waals surface area contributed by atoms with Gasteiger partial charge in [0.25, 0.3) is 0 Å². The van der Waals surface area contributed by atoms with Gasteiger partial charge in [-0.2, -0.15) is 5.10 Å². The van der Waals surface area contributed by atoms with Crippen molar-refractivity contribution < 1.29 is 14.3 Å². The van der Waals surface area contributed by atoms with Gasteiger partial charge in [0.15, 0.2) is 5.54 Å². The van der Waals surface area contributed by atoms with Gasteiger partial charge in [0.1, 0.15) is 0 Å². The first-order chi connectivity index (χ1) is 11.4. The van der Waals surface area contributed by atoms with Crippen LogP contribution in [0.1, 0.15) is 40.0 Å². The average molecular weight is 371 g/mol. The molecule has 140 valence electrons. The smallest absolute Gasteiger partial charge is 0.333 e. The van der Waals surface area contributed by atoms with E-state index in [1.165, 1.54) is 4.68 Å². The maximum Gasteiger partial charge on any atom is 0.333 e. The van der Waals surface area contributed by atoms with Crippen molar-refractivity contribution in [3.05, 3.63) is 12.4 Å². The molecule has 1 unspecified atom stereocenters. The largest absolute Gasteiger partial charge is 0.464 e. The molecule has 2 N–H and O–H groups in total. The third-order valence-corrected chi connectivity index (χ3v) is 5.30. The number of carbonyl (C=O) groups is 2. The van der Waals surface area contributed by atoms with Gasteiger partial charge in [-0.25, -0.2) is 4.79 Å². The Labute approximate surface area is 154 Å². The second kappa shape index (κ2) is 7.33. The number of nitrogens with zero attached hydrogens (tertiary/aromatic N) is 2. The van der Waals surface area contributed by atoms with Crippen LogP contribution in [0.4, 0.5) is 5.69 Å². The van der Waals surface area contributed by atoms with E-state index in [1.807, 2.05) is 0 Å². The van der Waals surface area contributed by atoms with Crippen molar-refractivity contribution in [1.82, 2.24) is 15.1 Å². The molecule has 3 rings (SSSR count). The summed E-state index contributed by atoms with van der Waals surface area (Å²) in [6, 6.07) is 0. The quantitative estimate of drug-likeness (QED) is 0.773. The zero-order valence-corrected chi connectivity index (χ0v) is 15.8. The molecule has 1 amide bonds. The van der Waals surface area contributed by atoms with Crippen molar-refractivity contribution in [3.8, 4) is 0 Å². The molecule has 25 heavy (non-hydrogen) atoms. The Morgan fingerprint density at radius 3 is 2.76 bits per heavy atom. The number of halogens is 1. The van der Waals surface area contributed by atoms with Gasteiger partial charge in [-0.3, -0.25) is 9.48 Å². The van der Waals surface area contributed by atoms with Crippen LogP contribution in [0, 0.1) is 11.3 Å². The molecule has 1 saturated carbocycles. The number of carbonyl (C=O) groups excluding carboxylic acids is 2. The zero-order chi connectivity index (χ0) is 17.4. The van der Waals surface area contributed by atoms with E-state index >= 15 is 0 Å². The minimum Gasteiger partial charge on any atom is -0.464 e. The second-order valence-corrected chi connectivity index (χ2v) is 7.31. The first-order valence-corrected chi connectivity index (χ1v) is 8.63. The molecule has 1 spiro atoms. The Kier molecular flexibility index (Phi) is 5.79. The second-order valence-electron chi connectivity index (χ2n) is 7.31. The van der Waals surface area contributed by atoms with Gasteiger partial charge >= 0.3 is 5.97 Å². The highest BCUT2D eigenvalue weighted by molar-refractivity contribution is 5.95. The lowest BCUT2D eigenvalue weighted by atomic mass is 9.92. The lowest BCUT2D eigenvalue weighted by molar-refractivity contribution is -0.152. The van der Waals surface area contributed by atoms with E-state index in [0.29, 0.717) is 12.3 Å². The van der Waals surface area contributed by atoms with Crippen molar-refractivity contribution >= 4 is 30.0 Å². The third-order valence-electron chi connectivity index (χ3n) is 5.30. The van der Waals surface area contributed by atoms with Crippen LogP contribution in [0.5, 0.6) is 0 Å². The Hall–Kier alpha value is -1.60. The number of ether oxygens (including phenoxy) is 1. The molecular formula is C17H27ClN4O3. The first kappa shape index (κ1) is 19.7. The van der Waals surface area contributed by atoms with Gasteiger partial charge < -0.3 is 15.4 Å². The van der Waals surface area contributed by atoms with E-state index in [0.717, 1.165) is 32.4 Å². The predicted octanol–water partition coefficient (Wildman–Crippen LogP) is 1.93. The number of nitrogens with one attached hydrogen (secondary N) is 2. The van der Waals surface area contributed by atoms with Crippen LogP contribution in [0.3, 0.4) is 0 Å². The van der Waals surface area contributed by atoms with Gasteiger partial charge in [-0.05, 0) is 58.5 Å². The van der Waals surface area contributed by atoms with Crippen LogP contribution in [-0.2, 0) is 19.9 Å². The molecule has 7 nitrogen and oxygen atoms in total. The highest BCUT2D eigenvalue weighted by atomic mass is 35.5. The lowest BCUT2D eigenvalue weighted by Gasteiger charge is -2.23. The van der Waals surface area contributed by atoms with E-state index in [2.05, 4.69) is 15.7 Å². The van der Waals surface area contributed by atoms with Gasteiger partial charge in [0.2, 0.25) is 5.91 Å². The summed E-state index contributed by atoms with van der Waals surface area (Å²) in [6.45, 7) is 7.58. The van der Waals surface area contributed by atoms with Crippen LogP contribution in [0.15, 0.2) is 12.4 Å². The summed E-state index contributed by atoms with van der Waals surface area (Å²) in [5.41, 5.74) is -0.0852. The highest BCUT2D eigenvalue weighted by Gasteiger charge is 2.57. The van der Waals surface area contributed by atoms with Crippen molar-refractivity contribution in [2.75, 3.05) is 25.0 Å². The third kappa shape index (κ3) is 3.82. The molecule has 0 radical (unpaired) electrons. The summed E-state index contributed by atoms with van der Waals surface area (Å²) in [4.78, 5) is 24.5. The van der Waals surface area contributed by atoms with Gasteiger partial charge in [-0.15, -0.1) is 12.4 Å². The first-order valence-electron chi connectivity index (χ1n) is 8.63. The topological polar surface area (TPSA) is 85.2 Å². The number of anilines is 1. The Morgan fingerprint density at radius 2 is 2.12 bits per heavy atom. The molecule has 0 bridgehead atoms. The molecule has 0 aromatic carbocycles. The van der Waals surface area contributed by atoms with E-state index in [9.17, 15) is 9.59 Å². The highest BCUT2D eigenvalue weighted by Crippen LogP contribution is 2.58. The molecule has 2 fully saturated rings. The predicted molar refractivity (Wildman–Crippen MR) is 96.7 cm³/mol. The van der Waals surface area contributed by atoms with Gasteiger partial charge in [0.05, 0.1) is 18.5 Å². The molecule has 2 aliphatic rings. The van der Waals surface area contributed by atoms with Crippen molar-refractivity contribution in [2.45, 2.75) is 45.6 Å². The number of piperidine rings is 1. The fourth-order valence-electron chi connectivity index (χ4n) is 3.52. The molecule has 1 aliphatic heterocycles. The minimum atomic E-state index is -0.908. The summed E-state index contributed by atoms with van der Waals surface area (Å²) in [5, 5.41) is 10.5. The average Bonchev–Trinajstić information content (AvgIpc) is 3.03. The van der Waals surface area contributed by atoms with Crippen molar-refractivity contribution in [2.24, 2.45) is 11.3 Å². The SMILES string of the molecule is CCOC(=O)C(C)(C)n1cc(NC(=O)C2CC23CCNCC3)cn1.Cl. The number of rotatable bonds is 5. The fourth-order valence-corrected chi connectivity index (χ4v) is 3.52. The van der Waals surface area contributed by atoms with Crippen LogP contribution < -0.4 is 10.6 Å². The molecule has 1 saturated heterocycles. The summed E-state index contributed by atoms with van der Waals surface area (Å²) < 4.78 is 6.62. The van der Waals surface area contributed by atoms with Crippen LogP contribution >= 0.6 is 12.4 Å². The molecular weight excluding hydrogens is 344 g/mol. The molecule has 1 aromatic heterocycles. The summed E-state index contributed by atoms with van der Waals surface area (Å²) >= 11 is 0. The molecule has 1 aliphatic carbocycles. The van der Waals surface area contributed by atoms with Gasteiger partial charge in [0, 0.05) is 12.1 Å². The van der Waals surface area contributed by atoms with Gasteiger partial charge in [-0.1, -0.05) is 0 Å². The maximum absolute atomic E-state index is 12.5. The van der Waals surface area contributed by atoms with Crippen molar-refractivity contribution in [3.63, 3.8) is 0 Å². The maximum atomic E-state index is 12.5. The fraction of sp³-hybridized carbons (Fsp3) is 0.706. The van der Waals surface area contributed by atoms with Crippen molar-refractivity contribution in [1.29, 1.82) is 0 Å². The Bertz CT molecular complexity index is 638. The zero-order valence-electron chi connectivity index (χ0n) is 15.0. The number of amides is 1. The van der Waals surface area contributed by atoms with Crippen LogP contribution in [0.2, 0.25) is 0 Å². The number of aromatic nitrogens is 2. The molecule has 2 heterocycles. The summed E-state index contributed by atoms with van der Waals surface area (Å²) in [5.74, 6) is -0.187. The molecule has 8 heteroatoms. The van der Waals surface area contributed by atoms with E-state index in [1.54, 1.807) is 33.2 Å². The summed E-state index contributed by atoms with van der Waals surface area (Å²) in [6.07, 6.45) is 6.38. The normalized spacial score (nSPS) is 21.3. The number of hydrogen-bond donors (Lipinski definition) is 2. The van der Waals surface area contributed by atoms with Crippen LogP contribution in [0.25, 0.3) is 0 Å². The molecule has 1 aromatic rings. The Morgan fingerprint density at radius 1 is 1.44 bits per heavy atom. The van der Waals surface area contributed by atoms with E-state index < -0.39 is 5.54 Å². The van der Waals surface area contributed by atoms with E-state index in [-0.39, 0.29) is 35.6 Å². The summed E-state index contributed by atoms with van der Waals surface area (Å²) in [7, 11) is 0. The lowest BCUT2D eigenvalue weighted by Crippen LogP contribution is -2.37. The van der Waals surface area contributed by atoms with E-state index in [4.69, 9.17) is 4.74 Å². The standard InChI is InChI=1S/C17H26N4O3.ClH/c1-4-24-15(23)16(2,3)21-11-12(10-19-21)20-14(22)13-9-17(13)5-7-18-8-6-17;/h10-11,13,18H,4-9H2,1-3H3,(H,20,22);1H. The Balaban J connectivity index is 0.00000225. The van der Waals surface area contributed by atoms with Crippen LogP contribution in [-0.4, -0.2) is 41.4 Å². The number of hydrogen-bond acceptors (Lipinski definition) is 5. The minimum absolute atomic E-state index is 0. The number of esters is 1.